The van der Waals surface area contributed by atoms with Gasteiger partial charge in [0.1, 0.15) is 0 Å². The average Bonchev–Trinajstić information content (AvgIpc) is 2.29. The highest BCUT2D eigenvalue weighted by atomic mass is 16.2. The number of rotatable bonds is 4. The highest BCUT2D eigenvalue weighted by Gasteiger charge is 2.49. The average molecular weight is 232 g/mol. The largest absolute Gasteiger partial charge is 0.356 e. The Labute approximate surface area is 102 Å². The molecule has 3 nitrogen and oxygen atoms in total. The number of hydrogen-bond acceptors (Lipinski definition) is 2. The zero-order valence-corrected chi connectivity index (χ0v) is 10.3. The molecule has 0 spiro atoms. The van der Waals surface area contributed by atoms with Crippen LogP contribution in [0, 0.1) is 5.41 Å². The second kappa shape index (κ2) is 4.88. The lowest BCUT2D eigenvalue weighted by Gasteiger charge is -2.44. The van der Waals surface area contributed by atoms with Gasteiger partial charge in [-0.3, -0.25) is 4.79 Å². The van der Waals surface area contributed by atoms with Crippen LogP contribution in [0.3, 0.4) is 0 Å². The minimum atomic E-state index is -0.378. The molecule has 0 aromatic heterocycles. The van der Waals surface area contributed by atoms with Crippen molar-refractivity contribution in [3.8, 4) is 0 Å². The molecule has 0 bridgehead atoms. The predicted octanol–water partition coefficient (Wildman–Crippen LogP) is 1.99. The summed E-state index contributed by atoms with van der Waals surface area (Å²) < 4.78 is 0. The van der Waals surface area contributed by atoms with E-state index < -0.39 is 0 Å². The van der Waals surface area contributed by atoms with E-state index in [9.17, 15) is 4.79 Å². The van der Waals surface area contributed by atoms with Crippen LogP contribution in [0.5, 0.6) is 0 Å². The smallest absolute Gasteiger partial charge is 0.228 e. The third-order valence-corrected chi connectivity index (χ3v) is 3.79. The number of nitrogens with one attached hydrogen (secondary N) is 1. The monoisotopic (exact) mass is 232 g/mol. The van der Waals surface area contributed by atoms with Crippen LogP contribution >= 0.6 is 0 Å². The Hall–Kier alpha value is -1.35. The summed E-state index contributed by atoms with van der Waals surface area (Å²) in [5.74, 6) is 0.114. The molecular weight excluding hydrogens is 212 g/mol. The zero-order chi connectivity index (χ0) is 12.3. The van der Waals surface area contributed by atoms with Gasteiger partial charge in [-0.25, -0.2) is 0 Å². The van der Waals surface area contributed by atoms with Gasteiger partial charge in [0.15, 0.2) is 0 Å². The Bertz CT molecular complexity index is 384. The van der Waals surface area contributed by atoms with E-state index in [-0.39, 0.29) is 17.4 Å². The number of carbonyl (C=O) groups is 1. The first-order valence-corrected chi connectivity index (χ1v) is 6.29. The van der Waals surface area contributed by atoms with Gasteiger partial charge in [0.25, 0.3) is 0 Å². The number of benzene rings is 1. The molecule has 1 fully saturated rings. The first-order chi connectivity index (χ1) is 8.20. The summed E-state index contributed by atoms with van der Waals surface area (Å²) >= 11 is 0. The van der Waals surface area contributed by atoms with Gasteiger partial charge in [-0.1, -0.05) is 36.8 Å². The summed E-state index contributed by atoms with van der Waals surface area (Å²) in [6.45, 7) is 2.61. The van der Waals surface area contributed by atoms with Gasteiger partial charge in [0.2, 0.25) is 5.91 Å². The molecule has 0 aliphatic heterocycles. The van der Waals surface area contributed by atoms with Crippen molar-refractivity contribution in [3.05, 3.63) is 35.9 Å². The van der Waals surface area contributed by atoms with Gasteiger partial charge in [0.05, 0.1) is 5.41 Å². The highest BCUT2D eigenvalue weighted by Crippen LogP contribution is 2.49. The molecule has 0 heterocycles. The molecule has 1 atom stereocenters. The van der Waals surface area contributed by atoms with Gasteiger partial charge < -0.3 is 11.1 Å². The first-order valence-electron chi connectivity index (χ1n) is 6.29. The quantitative estimate of drug-likeness (QED) is 0.834. The van der Waals surface area contributed by atoms with Gasteiger partial charge in [0, 0.05) is 12.6 Å². The third kappa shape index (κ3) is 2.07. The van der Waals surface area contributed by atoms with Crippen molar-refractivity contribution < 1.29 is 4.79 Å². The summed E-state index contributed by atoms with van der Waals surface area (Å²) in [4.78, 5) is 12.2. The molecule has 3 heteroatoms. The molecule has 1 saturated carbocycles. The molecule has 1 aliphatic carbocycles. The Balaban J connectivity index is 2.21. The van der Waals surface area contributed by atoms with E-state index >= 15 is 0 Å². The highest BCUT2D eigenvalue weighted by molar-refractivity contribution is 5.84. The molecule has 1 amide bonds. The van der Waals surface area contributed by atoms with Crippen LogP contribution in [0.1, 0.15) is 37.8 Å². The minimum Gasteiger partial charge on any atom is -0.356 e. The first kappa shape index (κ1) is 12.1. The van der Waals surface area contributed by atoms with E-state index in [0.29, 0.717) is 6.54 Å². The molecule has 1 unspecified atom stereocenters. The Kier molecular flexibility index (Phi) is 3.48. The van der Waals surface area contributed by atoms with Crippen LogP contribution in [-0.2, 0) is 4.79 Å². The second-order valence-corrected chi connectivity index (χ2v) is 4.76. The molecule has 1 aromatic rings. The predicted molar refractivity (Wildman–Crippen MR) is 68.3 cm³/mol. The molecular formula is C14H20N2O. The maximum atomic E-state index is 12.2. The van der Waals surface area contributed by atoms with Gasteiger partial charge in [-0.05, 0) is 25.3 Å². The molecule has 0 saturated heterocycles. The lowest BCUT2D eigenvalue weighted by molar-refractivity contribution is -0.137. The van der Waals surface area contributed by atoms with Crippen molar-refractivity contribution in [2.24, 2.45) is 11.1 Å². The van der Waals surface area contributed by atoms with Crippen molar-refractivity contribution in [2.45, 2.75) is 32.2 Å². The van der Waals surface area contributed by atoms with Gasteiger partial charge in [-0.2, -0.15) is 0 Å². The molecule has 3 N–H and O–H groups in total. The van der Waals surface area contributed by atoms with Crippen molar-refractivity contribution in [1.29, 1.82) is 0 Å². The van der Waals surface area contributed by atoms with Crippen LogP contribution in [0.4, 0.5) is 0 Å². The maximum Gasteiger partial charge on any atom is 0.228 e. The zero-order valence-electron chi connectivity index (χ0n) is 10.3. The molecule has 1 aromatic carbocycles. The number of nitrogens with two attached hydrogens (primary N) is 1. The van der Waals surface area contributed by atoms with Gasteiger partial charge in [-0.15, -0.1) is 0 Å². The molecule has 17 heavy (non-hydrogen) atoms. The Morgan fingerprint density at radius 1 is 1.41 bits per heavy atom. The van der Waals surface area contributed by atoms with E-state index in [1.54, 1.807) is 0 Å². The minimum absolute atomic E-state index is 0.114. The van der Waals surface area contributed by atoms with Crippen molar-refractivity contribution >= 4 is 5.91 Å². The van der Waals surface area contributed by atoms with Crippen LogP contribution in [0.25, 0.3) is 0 Å². The standard InChI is InChI=1S/C14H20N2O/c1-2-16-13(17)14(9-6-10-14)12(15)11-7-4-3-5-8-11/h3-5,7-8,12H,2,6,9-10,15H2,1H3,(H,16,17). The Morgan fingerprint density at radius 2 is 2.06 bits per heavy atom. The fourth-order valence-corrected chi connectivity index (χ4v) is 2.55. The second-order valence-electron chi connectivity index (χ2n) is 4.76. The SMILES string of the molecule is CCNC(=O)C1(C(N)c2ccccc2)CCC1. The number of hydrogen-bond donors (Lipinski definition) is 2. The van der Waals surface area contributed by atoms with Crippen LogP contribution in [0.15, 0.2) is 30.3 Å². The fourth-order valence-electron chi connectivity index (χ4n) is 2.55. The summed E-state index contributed by atoms with van der Waals surface area (Å²) in [5, 5.41) is 2.92. The maximum absolute atomic E-state index is 12.2. The van der Waals surface area contributed by atoms with Crippen LogP contribution < -0.4 is 11.1 Å². The van der Waals surface area contributed by atoms with Crippen molar-refractivity contribution in [2.75, 3.05) is 6.54 Å². The lowest BCUT2D eigenvalue weighted by atomic mass is 9.62. The lowest BCUT2D eigenvalue weighted by Crippen LogP contribution is -2.52. The van der Waals surface area contributed by atoms with Gasteiger partial charge >= 0.3 is 0 Å². The van der Waals surface area contributed by atoms with Crippen LogP contribution in [0.2, 0.25) is 0 Å². The summed E-state index contributed by atoms with van der Waals surface area (Å²) in [6, 6.07) is 9.73. The molecule has 0 radical (unpaired) electrons. The Morgan fingerprint density at radius 3 is 2.53 bits per heavy atom. The van der Waals surface area contributed by atoms with E-state index in [0.717, 1.165) is 24.8 Å². The van der Waals surface area contributed by atoms with Crippen LogP contribution in [-0.4, -0.2) is 12.5 Å². The van der Waals surface area contributed by atoms with Crippen molar-refractivity contribution in [1.82, 2.24) is 5.32 Å². The molecule has 2 rings (SSSR count). The summed E-state index contributed by atoms with van der Waals surface area (Å²) in [5.41, 5.74) is 6.98. The summed E-state index contributed by atoms with van der Waals surface area (Å²) in [7, 11) is 0. The molecule has 1 aliphatic rings. The van der Waals surface area contributed by atoms with Crippen molar-refractivity contribution in [3.63, 3.8) is 0 Å². The third-order valence-electron chi connectivity index (χ3n) is 3.79. The number of carbonyl (C=O) groups excluding carboxylic acids is 1. The normalized spacial score (nSPS) is 19.2. The van der Waals surface area contributed by atoms with E-state index in [1.165, 1.54) is 0 Å². The van der Waals surface area contributed by atoms with E-state index in [2.05, 4.69) is 5.32 Å². The molecule has 92 valence electrons. The topological polar surface area (TPSA) is 55.1 Å². The fraction of sp³-hybridized carbons (Fsp3) is 0.500. The van der Waals surface area contributed by atoms with E-state index in [1.807, 2.05) is 37.3 Å². The van der Waals surface area contributed by atoms with E-state index in [4.69, 9.17) is 5.73 Å². The number of amides is 1. The summed E-state index contributed by atoms with van der Waals surface area (Å²) in [6.07, 6.45) is 2.89.